The number of carbonyl (C=O) groups is 1. The quantitative estimate of drug-likeness (QED) is 0.802. The van der Waals surface area contributed by atoms with Crippen LogP contribution < -0.4 is 4.90 Å². The predicted octanol–water partition coefficient (Wildman–Crippen LogP) is 3.99. The minimum atomic E-state index is -3.46. The van der Waals surface area contributed by atoms with Crippen LogP contribution in [0.5, 0.6) is 0 Å². The third-order valence-corrected chi connectivity index (χ3v) is 8.69. The number of sulfone groups is 1. The fraction of sp³-hybridized carbons (Fsp3) is 0.409. The molecule has 1 aliphatic carbocycles. The van der Waals surface area contributed by atoms with Crippen LogP contribution >= 0.6 is 0 Å². The Labute approximate surface area is 161 Å². The monoisotopic (exact) mass is 383 g/mol. The first kappa shape index (κ1) is 18.2. The molecule has 0 saturated heterocycles. The zero-order valence-electron chi connectivity index (χ0n) is 15.8. The van der Waals surface area contributed by atoms with Crippen molar-refractivity contribution >= 4 is 21.4 Å². The highest BCUT2D eigenvalue weighted by Crippen LogP contribution is 2.39. The molecule has 4 nitrogen and oxygen atoms in total. The zero-order valence-corrected chi connectivity index (χ0v) is 16.6. The SMILES string of the molecule is CC(C)(C(=O)N1CCCc2cc(-c3ccccc3)ccc21)S(=O)(=O)C1CC1. The Hall–Kier alpha value is -2.14. The summed E-state index contributed by atoms with van der Waals surface area (Å²) in [6.07, 6.45) is 3.10. The van der Waals surface area contributed by atoms with Crippen molar-refractivity contribution in [2.45, 2.75) is 49.5 Å². The van der Waals surface area contributed by atoms with E-state index in [2.05, 4.69) is 18.2 Å². The van der Waals surface area contributed by atoms with Gasteiger partial charge in [0.25, 0.3) is 0 Å². The van der Waals surface area contributed by atoms with Crippen molar-refractivity contribution < 1.29 is 13.2 Å². The molecule has 2 aromatic carbocycles. The molecule has 1 aliphatic heterocycles. The lowest BCUT2D eigenvalue weighted by Crippen LogP contribution is -2.52. The molecule has 1 fully saturated rings. The lowest BCUT2D eigenvalue weighted by Gasteiger charge is -2.35. The molecule has 0 unspecified atom stereocenters. The number of fused-ring (bicyclic) bond motifs is 1. The van der Waals surface area contributed by atoms with Crippen LogP contribution in [0.2, 0.25) is 0 Å². The largest absolute Gasteiger partial charge is 0.311 e. The van der Waals surface area contributed by atoms with E-state index in [-0.39, 0.29) is 11.2 Å². The van der Waals surface area contributed by atoms with Crippen molar-refractivity contribution in [3.63, 3.8) is 0 Å². The van der Waals surface area contributed by atoms with Crippen LogP contribution in [-0.2, 0) is 21.1 Å². The van der Waals surface area contributed by atoms with Gasteiger partial charge in [-0.15, -0.1) is 0 Å². The Morgan fingerprint density at radius 1 is 1.04 bits per heavy atom. The van der Waals surface area contributed by atoms with Gasteiger partial charge in [-0.3, -0.25) is 4.79 Å². The van der Waals surface area contributed by atoms with E-state index < -0.39 is 14.6 Å². The minimum Gasteiger partial charge on any atom is -0.311 e. The Morgan fingerprint density at radius 3 is 2.41 bits per heavy atom. The lowest BCUT2D eigenvalue weighted by atomic mass is 9.95. The molecular formula is C22H25NO3S. The van der Waals surface area contributed by atoms with Crippen LogP contribution in [0.1, 0.15) is 38.7 Å². The summed E-state index contributed by atoms with van der Waals surface area (Å²) in [6, 6.07) is 16.3. The van der Waals surface area contributed by atoms with Gasteiger partial charge in [0.1, 0.15) is 4.75 Å². The van der Waals surface area contributed by atoms with Gasteiger partial charge < -0.3 is 4.90 Å². The fourth-order valence-corrected chi connectivity index (χ4v) is 5.80. The molecule has 4 rings (SSSR count). The van der Waals surface area contributed by atoms with Crippen LogP contribution in [-0.4, -0.2) is 30.9 Å². The summed E-state index contributed by atoms with van der Waals surface area (Å²) in [5, 5.41) is -0.346. The Balaban J connectivity index is 1.68. The van der Waals surface area contributed by atoms with Gasteiger partial charge >= 0.3 is 0 Å². The summed E-state index contributed by atoms with van der Waals surface area (Å²) in [5.41, 5.74) is 4.22. The van der Waals surface area contributed by atoms with Gasteiger partial charge in [0, 0.05) is 12.2 Å². The molecule has 0 radical (unpaired) electrons. The van der Waals surface area contributed by atoms with E-state index in [1.54, 1.807) is 18.7 Å². The van der Waals surface area contributed by atoms with Crippen molar-refractivity contribution in [1.82, 2.24) is 0 Å². The van der Waals surface area contributed by atoms with E-state index >= 15 is 0 Å². The number of amides is 1. The molecular weight excluding hydrogens is 358 g/mol. The summed E-state index contributed by atoms with van der Waals surface area (Å²) in [5.74, 6) is -0.303. The van der Waals surface area contributed by atoms with Gasteiger partial charge in [-0.05, 0) is 68.4 Å². The summed E-state index contributed by atoms with van der Waals surface area (Å²) < 4.78 is 24.2. The molecule has 1 saturated carbocycles. The summed E-state index contributed by atoms with van der Waals surface area (Å²) >= 11 is 0. The molecule has 5 heteroatoms. The van der Waals surface area contributed by atoms with Gasteiger partial charge in [-0.1, -0.05) is 36.4 Å². The van der Waals surface area contributed by atoms with Gasteiger partial charge in [0.15, 0.2) is 9.84 Å². The second-order valence-electron chi connectivity index (χ2n) is 8.02. The van der Waals surface area contributed by atoms with Crippen LogP contribution in [0.3, 0.4) is 0 Å². The molecule has 2 aliphatic rings. The number of hydrogen-bond donors (Lipinski definition) is 0. The first-order valence-corrected chi connectivity index (χ1v) is 11.1. The first-order valence-electron chi connectivity index (χ1n) is 9.56. The van der Waals surface area contributed by atoms with Crippen LogP contribution in [0.4, 0.5) is 5.69 Å². The highest BCUT2D eigenvalue weighted by molar-refractivity contribution is 7.94. The van der Waals surface area contributed by atoms with Gasteiger partial charge in [-0.25, -0.2) is 8.42 Å². The fourth-order valence-electron chi connectivity index (χ4n) is 3.86. The predicted molar refractivity (Wildman–Crippen MR) is 109 cm³/mol. The summed E-state index contributed by atoms with van der Waals surface area (Å²) in [4.78, 5) is 15.0. The molecule has 0 bridgehead atoms. The average molecular weight is 384 g/mol. The molecule has 2 aromatic rings. The number of hydrogen-bond acceptors (Lipinski definition) is 3. The Bertz CT molecular complexity index is 976. The van der Waals surface area contributed by atoms with E-state index in [1.807, 2.05) is 30.3 Å². The molecule has 27 heavy (non-hydrogen) atoms. The smallest absolute Gasteiger partial charge is 0.247 e. The molecule has 0 N–H and O–H groups in total. The molecule has 0 aromatic heterocycles. The molecule has 1 amide bonds. The standard InChI is InChI=1S/C22H25NO3S/c1-22(2,27(25,26)19-11-12-19)21(24)23-14-6-9-18-15-17(10-13-20(18)23)16-7-4-3-5-8-16/h3-5,7-8,10,13,15,19H,6,9,11-12,14H2,1-2H3. The summed E-state index contributed by atoms with van der Waals surface area (Å²) in [7, 11) is -3.46. The number of aryl methyl sites for hydroxylation is 1. The highest BCUT2D eigenvalue weighted by atomic mass is 32.2. The first-order chi connectivity index (χ1) is 12.8. The van der Waals surface area contributed by atoms with E-state index in [0.29, 0.717) is 19.4 Å². The van der Waals surface area contributed by atoms with Crippen molar-refractivity contribution in [2.75, 3.05) is 11.4 Å². The van der Waals surface area contributed by atoms with Crippen molar-refractivity contribution in [3.8, 4) is 11.1 Å². The third kappa shape index (κ3) is 3.08. The van der Waals surface area contributed by atoms with Gasteiger partial charge in [-0.2, -0.15) is 0 Å². The minimum absolute atomic E-state index is 0.303. The number of nitrogens with zero attached hydrogens (tertiary/aromatic N) is 1. The summed E-state index contributed by atoms with van der Waals surface area (Å²) in [6.45, 7) is 3.70. The Morgan fingerprint density at radius 2 is 1.74 bits per heavy atom. The molecule has 0 spiro atoms. The van der Waals surface area contributed by atoms with E-state index in [9.17, 15) is 13.2 Å². The molecule has 0 atom stereocenters. The van der Waals surface area contributed by atoms with Crippen molar-refractivity contribution in [1.29, 1.82) is 0 Å². The van der Waals surface area contributed by atoms with E-state index in [4.69, 9.17) is 0 Å². The average Bonchev–Trinajstić information content (AvgIpc) is 3.53. The Kier molecular flexibility index (Phi) is 4.38. The van der Waals surface area contributed by atoms with E-state index in [0.717, 1.165) is 35.2 Å². The van der Waals surface area contributed by atoms with Crippen molar-refractivity contribution in [3.05, 3.63) is 54.1 Å². The number of benzene rings is 2. The van der Waals surface area contributed by atoms with Gasteiger partial charge in [0.2, 0.25) is 5.91 Å². The number of anilines is 1. The number of rotatable bonds is 4. The second-order valence-corrected chi connectivity index (χ2v) is 10.8. The van der Waals surface area contributed by atoms with Crippen LogP contribution in [0.15, 0.2) is 48.5 Å². The van der Waals surface area contributed by atoms with E-state index in [1.165, 1.54) is 0 Å². The van der Waals surface area contributed by atoms with Crippen LogP contribution in [0.25, 0.3) is 11.1 Å². The third-order valence-electron chi connectivity index (χ3n) is 5.74. The van der Waals surface area contributed by atoms with Crippen molar-refractivity contribution in [2.24, 2.45) is 0 Å². The maximum atomic E-state index is 13.3. The normalized spacial score (nSPS) is 17.5. The molecule has 142 valence electrons. The van der Waals surface area contributed by atoms with Crippen LogP contribution in [0, 0.1) is 0 Å². The zero-order chi connectivity index (χ0) is 19.2. The highest BCUT2D eigenvalue weighted by Gasteiger charge is 2.52. The lowest BCUT2D eigenvalue weighted by molar-refractivity contribution is -0.120. The van der Waals surface area contributed by atoms with Gasteiger partial charge in [0.05, 0.1) is 5.25 Å². The topological polar surface area (TPSA) is 54.5 Å². The second kappa shape index (κ2) is 6.48. The molecule has 1 heterocycles. The maximum absolute atomic E-state index is 13.3. The number of carbonyl (C=O) groups excluding carboxylic acids is 1. The maximum Gasteiger partial charge on any atom is 0.247 e.